The number of amides is 1. The summed E-state index contributed by atoms with van der Waals surface area (Å²) in [6.45, 7) is 0.940. The Morgan fingerprint density at radius 1 is 1.23 bits per heavy atom. The third kappa shape index (κ3) is 3.80. The van der Waals surface area contributed by atoms with E-state index in [1.807, 2.05) is 36.4 Å². The van der Waals surface area contributed by atoms with Gasteiger partial charge in [0.05, 0.1) is 18.9 Å². The zero-order valence-corrected chi connectivity index (χ0v) is 14.8. The first-order valence-electron chi connectivity index (χ1n) is 8.67. The average Bonchev–Trinajstić information content (AvgIpc) is 2.67. The summed E-state index contributed by atoms with van der Waals surface area (Å²) >= 11 is 0. The van der Waals surface area contributed by atoms with E-state index in [2.05, 4.69) is 5.32 Å². The fourth-order valence-electron chi connectivity index (χ4n) is 3.33. The lowest BCUT2D eigenvalue weighted by Gasteiger charge is -2.33. The molecule has 6 nitrogen and oxygen atoms in total. The number of ether oxygens (including phenoxy) is 2. The molecule has 0 aromatic heterocycles. The molecule has 0 unspecified atom stereocenters. The Labute approximate surface area is 152 Å². The Balaban J connectivity index is 1.72. The van der Waals surface area contributed by atoms with Crippen molar-refractivity contribution < 1.29 is 24.2 Å². The molecule has 0 aliphatic carbocycles. The molecule has 1 saturated heterocycles. The van der Waals surface area contributed by atoms with Crippen LogP contribution < -0.4 is 10.1 Å². The van der Waals surface area contributed by atoms with Gasteiger partial charge in [0.25, 0.3) is 0 Å². The topological polar surface area (TPSA) is 84.9 Å². The number of carboxylic acids is 1. The van der Waals surface area contributed by atoms with E-state index in [0.29, 0.717) is 26.1 Å². The summed E-state index contributed by atoms with van der Waals surface area (Å²) in [6, 6.07) is 11.6. The van der Waals surface area contributed by atoms with Gasteiger partial charge >= 0.3 is 5.97 Å². The van der Waals surface area contributed by atoms with Gasteiger partial charge in [-0.1, -0.05) is 24.3 Å². The molecule has 2 aromatic rings. The summed E-state index contributed by atoms with van der Waals surface area (Å²) in [7, 11) is 1.61. The Morgan fingerprint density at radius 3 is 2.69 bits per heavy atom. The second-order valence-corrected chi connectivity index (χ2v) is 6.66. The second kappa shape index (κ2) is 7.74. The van der Waals surface area contributed by atoms with Crippen LogP contribution in [0.15, 0.2) is 36.4 Å². The molecule has 1 fully saturated rings. The lowest BCUT2D eigenvalue weighted by Crippen LogP contribution is -2.46. The van der Waals surface area contributed by atoms with E-state index < -0.39 is 11.4 Å². The van der Waals surface area contributed by atoms with Crippen molar-refractivity contribution >= 4 is 22.6 Å². The van der Waals surface area contributed by atoms with Crippen LogP contribution in [-0.4, -0.2) is 43.9 Å². The summed E-state index contributed by atoms with van der Waals surface area (Å²) in [5.41, 5.74) is -0.0501. The molecule has 3 rings (SSSR count). The van der Waals surface area contributed by atoms with Crippen molar-refractivity contribution in [1.82, 2.24) is 5.32 Å². The Hall–Kier alpha value is -2.60. The van der Waals surface area contributed by atoms with E-state index in [1.165, 1.54) is 0 Å². The first-order valence-corrected chi connectivity index (χ1v) is 8.67. The van der Waals surface area contributed by atoms with Crippen LogP contribution in [0.3, 0.4) is 0 Å². The fraction of sp³-hybridized carbons (Fsp3) is 0.400. The number of hydrogen-bond donors (Lipinski definition) is 2. The third-order valence-electron chi connectivity index (χ3n) is 5.06. The molecule has 0 radical (unpaired) electrons. The van der Waals surface area contributed by atoms with Crippen LogP contribution in [0.2, 0.25) is 0 Å². The van der Waals surface area contributed by atoms with Crippen molar-refractivity contribution in [2.75, 3.05) is 26.9 Å². The van der Waals surface area contributed by atoms with Crippen LogP contribution in [0.1, 0.15) is 18.4 Å². The smallest absolute Gasteiger partial charge is 0.311 e. The maximum absolute atomic E-state index is 12.5. The SMILES string of the molecule is COc1ccc2cccc(CC(=O)NCC3(C(=O)O)CCOCC3)c2c1. The number of fused-ring (bicyclic) bond motifs is 1. The van der Waals surface area contributed by atoms with Crippen molar-refractivity contribution in [2.45, 2.75) is 19.3 Å². The van der Waals surface area contributed by atoms with Gasteiger partial charge in [-0.25, -0.2) is 0 Å². The minimum Gasteiger partial charge on any atom is -0.497 e. The average molecular weight is 357 g/mol. The van der Waals surface area contributed by atoms with Gasteiger partial charge < -0.3 is 19.9 Å². The first kappa shape index (κ1) is 18.2. The highest BCUT2D eigenvalue weighted by Crippen LogP contribution is 2.30. The minimum atomic E-state index is -0.935. The molecular formula is C20H23NO5. The zero-order chi connectivity index (χ0) is 18.6. The van der Waals surface area contributed by atoms with Gasteiger partial charge in [0, 0.05) is 19.8 Å². The van der Waals surface area contributed by atoms with E-state index >= 15 is 0 Å². The lowest BCUT2D eigenvalue weighted by molar-refractivity contribution is -0.154. The van der Waals surface area contributed by atoms with Gasteiger partial charge in [-0.3, -0.25) is 9.59 Å². The first-order chi connectivity index (χ1) is 12.5. The molecule has 0 atom stereocenters. The third-order valence-corrected chi connectivity index (χ3v) is 5.06. The van der Waals surface area contributed by atoms with Crippen LogP contribution in [-0.2, 0) is 20.7 Å². The quantitative estimate of drug-likeness (QED) is 0.829. The summed E-state index contributed by atoms with van der Waals surface area (Å²) in [5, 5.41) is 14.4. The van der Waals surface area contributed by atoms with Gasteiger partial charge in [-0.2, -0.15) is 0 Å². The number of benzene rings is 2. The van der Waals surface area contributed by atoms with Crippen LogP contribution in [0.25, 0.3) is 10.8 Å². The predicted octanol–water partition coefficient (Wildman–Crippen LogP) is 2.39. The number of nitrogens with one attached hydrogen (secondary N) is 1. The highest BCUT2D eigenvalue weighted by atomic mass is 16.5. The molecule has 0 bridgehead atoms. The molecule has 0 saturated carbocycles. The molecule has 1 amide bonds. The summed E-state index contributed by atoms with van der Waals surface area (Å²) in [6.07, 6.45) is 1.01. The minimum absolute atomic E-state index is 0.124. The van der Waals surface area contributed by atoms with E-state index in [4.69, 9.17) is 9.47 Å². The molecule has 2 aromatic carbocycles. The van der Waals surface area contributed by atoms with Gasteiger partial charge in [0.15, 0.2) is 0 Å². The standard InChI is InChI=1S/C20H23NO5/c1-25-16-6-5-14-3-2-4-15(17(14)12-16)11-18(22)21-13-20(19(23)24)7-9-26-10-8-20/h2-6,12H,7-11,13H2,1H3,(H,21,22)(H,23,24). The summed E-state index contributed by atoms with van der Waals surface area (Å²) in [5.74, 6) is -0.333. The normalized spacial score (nSPS) is 16.2. The summed E-state index contributed by atoms with van der Waals surface area (Å²) < 4.78 is 10.5. The Kier molecular flexibility index (Phi) is 5.42. The van der Waals surface area contributed by atoms with E-state index in [1.54, 1.807) is 7.11 Å². The molecular weight excluding hydrogens is 334 g/mol. The summed E-state index contributed by atoms with van der Waals surface area (Å²) in [4.78, 5) is 24.1. The predicted molar refractivity (Wildman–Crippen MR) is 97.3 cm³/mol. The molecule has 6 heteroatoms. The molecule has 1 heterocycles. The highest BCUT2D eigenvalue weighted by molar-refractivity contribution is 5.91. The molecule has 1 aliphatic heterocycles. The second-order valence-electron chi connectivity index (χ2n) is 6.66. The van der Waals surface area contributed by atoms with Crippen LogP contribution >= 0.6 is 0 Å². The lowest BCUT2D eigenvalue weighted by atomic mass is 9.80. The molecule has 0 spiro atoms. The van der Waals surface area contributed by atoms with E-state index in [0.717, 1.165) is 22.1 Å². The molecule has 2 N–H and O–H groups in total. The van der Waals surface area contributed by atoms with Crippen LogP contribution in [0.5, 0.6) is 5.75 Å². The highest BCUT2D eigenvalue weighted by Gasteiger charge is 2.40. The Morgan fingerprint density at radius 2 is 2.00 bits per heavy atom. The zero-order valence-electron chi connectivity index (χ0n) is 14.8. The van der Waals surface area contributed by atoms with Gasteiger partial charge in [-0.05, 0) is 41.3 Å². The van der Waals surface area contributed by atoms with Crippen LogP contribution in [0.4, 0.5) is 0 Å². The molecule has 1 aliphatic rings. The van der Waals surface area contributed by atoms with Crippen LogP contribution in [0, 0.1) is 5.41 Å². The van der Waals surface area contributed by atoms with Gasteiger partial charge in [0.1, 0.15) is 5.75 Å². The maximum atomic E-state index is 12.5. The number of carboxylic acid groups (broad SMARTS) is 1. The molecule has 138 valence electrons. The van der Waals surface area contributed by atoms with Crippen molar-refractivity contribution in [1.29, 1.82) is 0 Å². The number of hydrogen-bond acceptors (Lipinski definition) is 4. The maximum Gasteiger partial charge on any atom is 0.311 e. The van der Waals surface area contributed by atoms with E-state index in [9.17, 15) is 14.7 Å². The van der Waals surface area contributed by atoms with E-state index in [-0.39, 0.29) is 18.9 Å². The fourth-order valence-corrected chi connectivity index (χ4v) is 3.33. The number of carbonyl (C=O) groups excluding carboxylic acids is 1. The van der Waals surface area contributed by atoms with Crippen molar-refractivity contribution in [2.24, 2.45) is 5.41 Å². The number of methoxy groups -OCH3 is 1. The van der Waals surface area contributed by atoms with Crippen molar-refractivity contribution in [3.63, 3.8) is 0 Å². The number of rotatable bonds is 6. The van der Waals surface area contributed by atoms with Crippen molar-refractivity contribution in [3.05, 3.63) is 42.0 Å². The largest absolute Gasteiger partial charge is 0.497 e. The molecule has 26 heavy (non-hydrogen) atoms. The monoisotopic (exact) mass is 357 g/mol. The Bertz CT molecular complexity index is 811. The number of aliphatic carboxylic acids is 1. The van der Waals surface area contributed by atoms with Gasteiger partial charge in [-0.15, -0.1) is 0 Å². The number of carbonyl (C=O) groups is 2. The van der Waals surface area contributed by atoms with Crippen molar-refractivity contribution in [3.8, 4) is 5.75 Å². The van der Waals surface area contributed by atoms with Gasteiger partial charge in [0.2, 0.25) is 5.91 Å².